The van der Waals surface area contributed by atoms with Crippen LogP contribution in [0.3, 0.4) is 0 Å². The number of nitrogens with zero attached hydrogens (tertiary/aromatic N) is 4. The Bertz CT molecular complexity index is 543. The van der Waals surface area contributed by atoms with Gasteiger partial charge in [0.15, 0.2) is 5.82 Å². The maximum Gasteiger partial charge on any atom is 0.154 e. The minimum Gasteiger partial charge on any atom is -0.352 e. The number of aromatic nitrogens is 3. The molecule has 0 saturated heterocycles. The van der Waals surface area contributed by atoms with Gasteiger partial charge in [0.2, 0.25) is 0 Å². The van der Waals surface area contributed by atoms with Crippen molar-refractivity contribution in [3.63, 3.8) is 0 Å². The predicted molar refractivity (Wildman–Crippen MR) is 71.8 cm³/mol. The standard InChI is InChI=1S/C13H19N5/c1-10-9-12-13(15-6-8-18(12)16-10)17(7-2-5-14)11-3-4-11/h6,8-9,11H,2-5,7,14H2,1H3. The monoisotopic (exact) mass is 245 g/mol. The summed E-state index contributed by atoms with van der Waals surface area (Å²) in [5, 5.41) is 4.44. The SMILES string of the molecule is Cc1cc2c(N(CCCN)C3CC3)nccn2n1. The minimum atomic E-state index is 0.644. The molecule has 5 heteroatoms. The average molecular weight is 245 g/mol. The van der Waals surface area contributed by atoms with Crippen LogP contribution >= 0.6 is 0 Å². The van der Waals surface area contributed by atoms with Gasteiger partial charge >= 0.3 is 0 Å². The summed E-state index contributed by atoms with van der Waals surface area (Å²) in [5.74, 6) is 1.05. The van der Waals surface area contributed by atoms with E-state index in [0.29, 0.717) is 6.04 Å². The lowest BCUT2D eigenvalue weighted by Crippen LogP contribution is -2.29. The molecule has 1 aliphatic rings. The Kier molecular flexibility index (Phi) is 2.91. The minimum absolute atomic E-state index is 0.644. The van der Waals surface area contributed by atoms with Crippen molar-refractivity contribution in [1.29, 1.82) is 0 Å². The third-order valence-corrected chi connectivity index (χ3v) is 3.35. The fraction of sp³-hybridized carbons (Fsp3) is 0.538. The van der Waals surface area contributed by atoms with E-state index in [0.717, 1.165) is 36.5 Å². The lowest BCUT2D eigenvalue weighted by Gasteiger charge is -2.23. The van der Waals surface area contributed by atoms with Crippen LogP contribution in [-0.4, -0.2) is 33.7 Å². The first-order valence-corrected chi connectivity index (χ1v) is 6.57. The highest BCUT2D eigenvalue weighted by molar-refractivity contribution is 5.69. The van der Waals surface area contributed by atoms with Crippen molar-refractivity contribution < 1.29 is 0 Å². The highest BCUT2D eigenvalue weighted by atomic mass is 15.3. The normalized spacial score (nSPS) is 15.2. The van der Waals surface area contributed by atoms with Crippen LogP contribution in [0, 0.1) is 6.92 Å². The topological polar surface area (TPSA) is 59.5 Å². The van der Waals surface area contributed by atoms with Crippen LogP contribution in [-0.2, 0) is 0 Å². The van der Waals surface area contributed by atoms with Gasteiger partial charge in [0, 0.05) is 25.0 Å². The van der Waals surface area contributed by atoms with Crippen LogP contribution in [0.5, 0.6) is 0 Å². The Labute approximate surface area is 107 Å². The average Bonchev–Trinajstić information content (AvgIpc) is 3.11. The molecule has 0 spiro atoms. The summed E-state index contributed by atoms with van der Waals surface area (Å²) in [6, 6.07) is 2.74. The summed E-state index contributed by atoms with van der Waals surface area (Å²) < 4.78 is 1.91. The summed E-state index contributed by atoms with van der Waals surface area (Å²) >= 11 is 0. The maximum atomic E-state index is 5.63. The van der Waals surface area contributed by atoms with E-state index in [1.807, 2.05) is 23.8 Å². The predicted octanol–water partition coefficient (Wildman–Crippen LogP) is 1.36. The van der Waals surface area contributed by atoms with E-state index in [1.165, 1.54) is 12.8 Å². The second kappa shape index (κ2) is 4.57. The Balaban J connectivity index is 1.99. The van der Waals surface area contributed by atoms with Crippen molar-refractivity contribution in [2.75, 3.05) is 18.0 Å². The fourth-order valence-electron chi connectivity index (χ4n) is 2.36. The molecule has 1 saturated carbocycles. The molecule has 18 heavy (non-hydrogen) atoms. The second-order valence-electron chi connectivity index (χ2n) is 4.93. The summed E-state index contributed by atoms with van der Waals surface area (Å²) in [5.41, 5.74) is 7.75. The van der Waals surface area contributed by atoms with Gasteiger partial charge in [0.25, 0.3) is 0 Å². The first kappa shape index (κ1) is 11.5. The number of hydrogen-bond acceptors (Lipinski definition) is 4. The molecule has 2 N–H and O–H groups in total. The molecule has 0 aliphatic heterocycles. The molecule has 0 radical (unpaired) electrons. The van der Waals surface area contributed by atoms with Crippen molar-refractivity contribution >= 4 is 11.3 Å². The molecule has 0 bridgehead atoms. The Morgan fingerprint density at radius 3 is 3.06 bits per heavy atom. The molecule has 3 rings (SSSR count). The van der Waals surface area contributed by atoms with Crippen molar-refractivity contribution in [2.24, 2.45) is 5.73 Å². The molecule has 0 atom stereocenters. The van der Waals surface area contributed by atoms with Gasteiger partial charge in [-0.3, -0.25) is 0 Å². The highest BCUT2D eigenvalue weighted by Gasteiger charge is 2.30. The fourth-order valence-corrected chi connectivity index (χ4v) is 2.36. The smallest absolute Gasteiger partial charge is 0.154 e. The zero-order valence-electron chi connectivity index (χ0n) is 10.7. The van der Waals surface area contributed by atoms with Gasteiger partial charge in [-0.25, -0.2) is 9.50 Å². The van der Waals surface area contributed by atoms with Crippen molar-refractivity contribution in [1.82, 2.24) is 14.6 Å². The van der Waals surface area contributed by atoms with E-state index in [1.54, 1.807) is 0 Å². The molecule has 5 nitrogen and oxygen atoms in total. The van der Waals surface area contributed by atoms with E-state index >= 15 is 0 Å². The van der Waals surface area contributed by atoms with E-state index in [-0.39, 0.29) is 0 Å². The van der Waals surface area contributed by atoms with E-state index < -0.39 is 0 Å². The third kappa shape index (κ3) is 2.06. The number of rotatable bonds is 5. The number of hydrogen-bond donors (Lipinski definition) is 1. The first-order valence-electron chi connectivity index (χ1n) is 6.57. The summed E-state index contributed by atoms with van der Waals surface area (Å²) in [4.78, 5) is 6.95. The molecule has 0 aromatic carbocycles. The Morgan fingerprint density at radius 1 is 1.50 bits per heavy atom. The number of nitrogens with two attached hydrogens (primary N) is 1. The van der Waals surface area contributed by atoms with Crippen LogP contribution < -0.4 is 10.6 Å². The van der Waals surface area contributed by atoms with Gasteiger partial charge in [-0.2, -0.15) is 5.10 Å². The molecule has 1 fully saturated rings. The molecule has 96 valence electrons. The quantitative estimate of drug-likeness (QED) is 0.864. The molecule has 2 heterocycles. The zero-order valence-corrected chi connectivity index (χ0v) is 10.7. The summed E-state index contributed by atoms with van der Waals surface area (Å²) in [6.07, 6.45) is 7.26. The van der Waals surface area contributed by atoms with E-state index in [4.69, 9.17) is 5.73 Å². The van der Waals surface area contributed by atoms with Crippen molar-refractivity contribution in [3.05, 3.63) is 24.2 Å². The summed E-state index contributed by atoms with van der Waals surface area (Å²) in [7, 11) is 0. The third-order valence-electron chi connectivity index (χ3n) is 3.35. The van der Waals surface area contributed by atoms with Crippen LogP contribution in [0.1, 0.15) is 25.0 Å². The van der Waals surface area contributed by atoms with Crippen molar-refractivity contribution in [2.45, 2.75) is 32.2 Å². The molecule has 2 aromatic rings. The Hall–Kier alpha value is -1.62. The van der Waals surface area contributed by atoms with Gasteiger partial charge in [-0.05, 0) is 38.8 Å². The number of anilines is 1. The summed E-state index contributed by atoms with van der Waals surface area (Å²) in [6.45, 7) is 3.72. The van der Waals surface area contributed by atoms with Crippen LogP contribution in [0.4, 0.5) is 5.82 Å². The van der Waals surface area contributed by atoms with Crippen LogP contribution in [0.25, 0.3) is 5.52 Å². The number of aryl methyl sites for hydroxylation is 1. The molecular formula is C13H19N5. The zero-order chi connectivity index (χ0) is 12.5. The van der Waals surface area contributed by atoms with Crippen LogP contribution in [0.2, 0.25) is 0 Å². The van der Waals surface area contributed by atoms with Gasteiger partial charge in [-0.1, -0.05) is 0 Å². The Morgan fingerprint density at radius 2 is 2.33 bits per heavy atom. The largest absolute Gasteiger partial charge is 0.352 e. The molecule has 0 unspecified atom stereocenters. The van der Waals surface area contributed by atoms with Gasteiger partial charge < -0.3 is 10.6 Å². The number of fused-ring (bicyclic) bond motifs is 1. The molecule has 2 aromatic heterocycles. The lowest BCUT2D eigenvalue weighted by molar-refractivity contribution is 0.722. The van der Waals surface area contributed by atoms with E-state index in [2.05, 4.69) is 21.0 Å². The first-order chi connectivity index (χ1) is 8.79. The van der Waals surface area contributed by atoms with Gasteiger partial charge in [-0.15, -0.1) is 0 Å². The second-order valence-corrected chi connectivity index (χ2v) is 4.93. The maximum absolute atomic E-state index is 5.63. The van der Waals surface area contributed by atoms with E-state index in [9.17, 15) is 0 Å². The molecular weight excluding hydrogens is 226 g/mol. The molecule has 1 aliphatic carbocycles. The van der Waals surface area contributed by atoms with Crippen molar-refractivity contribution in [3.8, 4) is 0 Å². The molecule has 0 amide bonds. The lowest BCUT2D eigenvalue weighted by atomic mass is 10.3. The van der Waals surface area contributed by atoms with Crippen LogP contribution in [0.15, 0.2) is 18.5 Å². The highest BCUT2D eigenvalue weighted by Crippen LogP contribution is 2.32. The van der Waals surface area contributed by atoms with Gasteiger partial charge in [0.05, 0.1) is 5.69 Å². The van der Waals surface area contributed by atoms with Gasteiger partial charge in [0.1, 0.15) is 5.52 Å².